The predicted molar refractivity (Wildman–Crippen MR) is 111 cm³/mol. The van der Waals surface area contributed by atoms with E-state index < -0.39 is 0 Å². The zero-order valence-corrected chi connectivity index (χ0v) is 17.1. The van der Waals surface area contributed by atoms with Gasteiger partial charge in [0, 0.05) is 37.2 Å². The molecule has 1 unspecified atom stereocenters. The van der Waals surface area contributed by atoms with E-state index in [1.54, 1.807) is 11.3 Å². The first-order valence-electron chi connectivity index (χ1n) is 9.89. The third kappa shape index (κ3) is 4.04. The zero-order valence-electron chi connectivity index (χ0n) is 16.2. The second kappa shape index (κ2) is 8.03. The zero-order chi connectivity index (χ0) is 18.8. The van der Waals surface area contributed by atoms with E-state index in [4.69, 9.17) is 4.74 Å². The Labute approximate surface area is 165 Å². The van der Waals surface area contributed by atoms with Crippen LogP contribution in [0.25, 0.3) is 0 Å². The number of ether oxygens (including phenoxy) is 1. The van der Waals surface area contributed by atoms with Gasteiger partial charge in [0.05, 0.1) is 18.1 Å². The highest BCUT2D eigenvalue weighted by atomic mass is 32.1. The molecule has 1 amide bonds. The van der Waals surface area contributed by atoms with Crippen LogP contribution in [0.4, 0.5) is 5.69 Å². The van der Waals surface area contributed by atoms with Gasteiger partial charge in [0.15, 0.2) is 0 Å². The molecule has 0 spiro atoms. The van der Waals surface area contributed by atoms with Gasteiger partial charge in [-0.1, -0.05) is 25.1 Å². The lowest BCUT2D eigenvalue weighted by Gasteiger charge is -2.31. The molecular formula is C22H28N2O2S. The third-order valence-corrected chi connectivity index (χ3v) is 6.86. The van der Waals surface area contributed by atoms with Crippen molar-refractivity contribution in [3.05, 3.63) is 51.2 Å². The summed E-state index contributed by atoms with van der Waals surface area (Å²) >= 11 is 1.70. The normalized spacial score (nSPS) is 19.6. The summed E-state index contributed by atoms with van der Waals surface area (Å²) in [6.07, 6.45) is 3.48. The van der Waals surface area contributed by atoms with E-state index in [0.29, 0.717) is 6.54 Å². The maximum Gasteiger partial charge on any atom is 0.263 e. The second-order valence-corrected chi connectivity index (χ2v) is 8.93. The molecule has 2 aliphatic rings. The van der Waals surface area contributed by atoms with Crippen LogP contribution in [0, 0.1) is 5.92 Å². The van der Waals surface area contributed by atoms with E-state index in [9.17, 15) is 4.79 Å². The number of morpholine rings is 1. The van der Waals surface area contributed by atoms with Crippen LogP contribution in [0.2, 0.25) is 0 Å². The molecule has 1 aromatic carbocycles. The molecule has 1 fully saturated rings. The standard InChI is InChI=1S/C22H28N2O2S/c1-16-7-8-20-18(13-16)14-21(27-20)22(25)23(2)15-17-5-3-4-6-19(17)24-9-11-26-12-10-24/h3-6,14,16H,7-13,15H2,1-2H3. The van der Waals surface area contributed by atoms with E-state index in [2.05, 4.69) is 42.2 Å². The average Bonchev–Trinajstić information content (AvgIpc) is 3.11. The van der Waals surface area contributed by atoms with Gasteiger partial charge in [-0.15, -0.1) is 11.3 Å². The molecule has 4 rings (SSSR count). The van der Waals surface area contributed by atoms with Gasteiger partial charge in [-0.2, -0.15) is 0 Å². The minimum absolute atomic E-state index is 0.138. The van der Waals surface area contributed by atoms with Crippen LogP contribution in [0.5, 0.6) is 0 Å². The molecule has 27 heavy (non-hydrogen) atoms. The van der Waals surface area contributed by atoms with Gasteiger partial charge in [-0.25, -0.2) is 0 Å². The topological polar surface area (TPSA) is 32.8 Å². The summed E-state index contributed by atoms with van der Waals surface area (Å²) in [7, 11) is 1.92. The fourth-order valence-corrected chi connectivity index (χ4v) is 5.29. The Bertz CT molecular complexity index is 810. The Morgan fingerprint density at radius 2 is 2.07 bits per heavy atom. The van der Waals surface area contributed by atoms with Gasteiger partial charge in [0.25, 0.3) is 5.91 Å². The maximum absolute atomic E-state index is 13.0. The lowest BCUT2D eigenvalue weighted by Crippen LogP contribution is -2.37. The number of para-hydroxylation sites is 1. The Hall–Kier alpha value is -1.85. The number of fused-ring (bicyclic) bond motifs is 1. The Morgan fingerprint density at radius 1 is 1.30 bits per heavy atom. The van der Waals surface area contributed by atoms with Crippen LogP contribution in [-0.4, -0.2) is 44.2 Å². The van der Waals surface area contributed by atoms with Crippen LogP contribution < -0.4 is 4.90 Å². The highest BCUT2D eigenvalue weighted by Crippen LogP contribution is 2.33. The van der Waals surface area contributed by atoms with Crippen LogP contribution in [0.1, 0.15) is 39.0 Å². The predicted octanol–water partition coefficient (Wildman–Crippen LogP) is 3.98. The molecule has 1 aliphatic carbocycles. The van der Waals surface area contributed by atoms with Gasteiger partial charge in [-0.05, 0) is 48.4 Å². The summed E-state index contributed by atoms with van der Waals surface area (Å²) in [5.74, 6) is 0.868. The summed E-state index contributed by atoms with van der Waals surface area (Å²) < 4.78 is 5.48. The average molecular weight is 385 g/mol. The van der Waals surface area contributed by atoms with Crippen LogP contribution in [0.15, 0.2) is 30.3 Å². The number of anilines is 1. The number of rotatable bonds is 4. The van der Waals surface area contributed by atoms with Crippen molar-refractivity contribution in [1.82, 2.24) is 4.90 Å². The monoisotopic (exact) mass is 384 g/mol. The van der Waals surface area contributed by atoms with Crippen LogP contribution in [0.3, 0.4) is 0 Å². The number of carbonyl (C=O) groups is 1. The van der Waals surface area contributed by atoms with Crippen molar-refractivity contribution in [1.29, 1.82) is 0 Å². The number of benzene rings is 1. The van der Waals surface area contributed by atoms with Crippen LogP contribution in [-0.2, 0) is 24.1 Å². The van der Waals surface area contributed by atoms with Crippen LogP contribution >= 0.6 is 11.3 Å². The first-order chi connectivity index (χ1) is 13.1. The van der Waals surface area contributed by atoms with E-state index in [1.807, 2.05) is 11.9 Å². The number of amides is 1. The van der Waals surface area contributed by atoms with E-state index in [1.165, 1.54) is 28.1 Å². The molecule has 1 aromatic heterocycles. The molecule has 0 radical (unpaired) electrons. The Kier molecular flexibility index (Phi) is 5.50. The molecule has 1 saturated heterocycles. The smallest absolute Gasteiger partial charge is 0.263 e. The molecule has 5 heteroatoms. The number of thiophene rings is 1. The fraction of sp³-hybridized carbons (Fsp3) is 0.500. The minimum Gasteiger partial charge on any atom is -0.378 e. The molecule has 2 heterocycles. The van der Waals surface area contributed by atoms with Crippen molar-refractivity contribution < 1.29 is 9.53 Å². The molecule has 1 aliphatic heterocycles. The molecule has 0 bridgehead atoms. The summed E-state index contributed by atoms with van der Waals surface area (Å²) in [6, 6.07) is 10.6. The maximum atomic E-state index is 13.0. The van der Waals surface area contributed by atoms with Crippen molar-refractivity contribution in [3.8, 4) is 0 Å². The summed E-state index contributed by atoms with van der Waals surface area (Å²) in [6.45, 7) is 6.28. The number of nitrogens with zero attached hydrogens (tertiary/aromatic N) is 2. The van der Waals surface area contributed by atoms with E-state index >= 15 is 0 Å². The van der Waals surface area contributed by atoms with Gasteiger partial charge < -0.3 is 14.5 Å². The molecule has 144 valence electrons. The Morgan fingerprint density at radius 3 is 2.89 bits per heavy atom. The lowest BCUT2D eigenvalue weighted by atomic mass is 9.90. The first-order valence-corrected chi connectivity index (χ1v) is 10.7. The highest BCUT2D eigenvalue weighted by Gasteiger charge is 2.23. The van der Waals surface area contributed by atoms with Crippen molar-refractivity contribution in [2.24, 2.45) is 5.92 Å². The number of hydrogen-bond donors (Lipinski definition) is 0. The second-order valence-electron chi connectivity index (χ2n) is 7.80. The van der Waals surface area contributed by atoms with Gasteiger partial charge in [0.2, 0.25) is 0 Å². The van der Waals surface area contributed by atoms with Gasteiger partial charge in [0.1, 0.15) is 0 Å². The number of carbonyl (C=O) groups excluding carboxylic acids is 1. The van der Waals surface area contributed by atoms with Gasteiger partial charge >= 0.3 is 0 Å². The molecule has 0 saturated carbocycles. The molecule has 1 atom stereocenters. The minimum atomic E-state index is 0.138. The largest absolute Gasteiger partial charge is 0.378 e. The summed E-state index contributed by atoms with van der Waals surface area (Å²) in [5.41, 5.74) is 3.81. The van der Waals surface area contributed by atoms with Crippen molar-refractivity contribution in [2.75, 3.05) is 38.3 Å². The van der Waals surface area contributed by atoms with E-state index in [0.717, 1.165) is 49.9 Å². The number of aryl methyl sites for hydroxylation is 1. The highest BCUT2D eigenvalue weighted by molar-refractivity contribution is 7.14. The lowest BCUT2D eigenvalue weighted by molar-refractivity contribution is 0.0789. The molecular weight excluding hydrogens is 356 g/mol. The molecule has 0 N–H and O–H groups in total. The fourth-order valence-electron chi connectivity index (χ4n) is 4.08. The SMILES string of the molecule is CC1CCc2sc(C(=O)N(C)Cc3ccccc3N3CCOCC3)cc2C1. The molecule has 2 aromatic rings. The van der Waals surface area contributed by atoms with Gasteiger partial charge in [-0.3, -0.25) is 4.79 Å². The third-order valence-electron chi connectivity index (χ3n) is 5.64. The first kappa shape index (κ1) is 18.5. The van der Waals surface area contributed by atoms with Crippen molar-refractivity contribution >= 4 is 22.9 Å². The van der Waals surface area contributed by atoms with Crippen molar-refractivity contribution in [3.63, 3.8) is 0 Å². The molecule has 4 nitrogen and oxygen atoms in total. The van der Waals surface area contributed by atoms with Crippen molar-refractivity contribution in [2.45, 2.75) is 32.7 Å². The quantitative estimate of drug-likeness (QED) is 0.799. The Balaban J connectivity index is 1.49. The number of hydrogen-bond acceptors (Lipinski definition) is 4. The van der Waals surface area contributed by atoms with E-state index in [-0.39, 0.29) is 5.91 Å². The summed E-state index contributed by atoms with van der Waals surface area (Å²) in [4.78, 5) is 19.6. The summed E-state index contributed by atoms with van der Waals surface area (Å²) in [5, 5.41) is 0.